The van der Waals surface area contributed by atoms with E-state index in [-0.39, 0.29) is 5.78 Å². The molecular weight excluding hydrogens is 212 g/mol. The zero-order valence-electron chi connectivity index (χ0n) is 10.7. The van der Waals surface area contributed by atoms with Crippen molar-refractivity contribution in [2.75, 3.05) is 0 Å². The van der Waals surface area contributed by atoms with Gasteiger partial charge in [-0.25, -0.2) is 0 Å². The van der Waals surface area contributed by atoms with E-state index in [0.29, 0.717) is 23.7 Å². The first-order valence-corrected chi connectivity index (χ1v) is 6.40. The van der Waals surface area contributed by atoms with Crippen molar-refractivity contribution in [2.24, 2.45) is 17.3 Å². The van der Waals surface area contributed by atoms with E-state index >= 15 is 0 Å². The van der Waals surface area contributed by atoms with Crippen LogP contribution in [-0.4, -0.2) is 12.1 Å². The summed E-state index contributed by atoms with van der Waals surface area (Å²) in [5.41, 5.74) is 4.42. The minimum Gasteiger partial charge on any atom is -0.298 e. The summed E-state index contributed by atoms with van der Waals surface area (Å²) in [6.45, 7) is 6.51. The van der Waals surface area contributed by atoms with Gasteiger partial charge in [-0.05, 0) is 59.3 Å². The Kier molecular flexibility index (Phi) is 2.05. The summed E-state index contributed by atoms with van der Waals surface area (Å²) in [5, 5.41) is 0. The molecule has 3 aliphatic rings. The zero-order valence-corrected chi connectivity index (χ0v) is 10.7. The second-order valence-corrected chi connectivity index (χ2v) is 6.20. The summed E-state index contributed by atoms with van der Waals surface area (Å²) < 4.78 is 0. The molecule has 0 spiro atoms. The van der Waals surface area contributed by atoms with Crippen molar-refractivity contribution in [1.82, 2.24) is 0 Å². The highest BCUT2D eigenvalue weighted by Gasteiger charge is 2.61. The van der Waals surface area contributed by atoms with Gasteiger partial charge < -0.3 is 0 Å². The summed E-state index contributed by atoms with van der Waals surface area (Å²) in [4.78, 5) is 23.0. The average molecular weight is 230 g/mol. The van der Waals surface area contributed by atoms with Crippen molar-refractivity contribution < 1.29 is 9.59 Å². The topological polar surface area (TPSA) is 34.1 Å². The van der Waals surface area contributed by atoms with Crippen LogP contribution in [0.25, 0.3) is 0 Å². The number of aldehydes is 1. The fraction of sp³-hybridized carbons (Fsp3) is 0.600. The maximum absolute atomic E-state index is 11.9. The lowest BCUT2D eigenvalue weighted by molar-refractivity contribution is -0.114. The van der Waals surface area contributed by atoms with Gasteiger partial charge in [-0.2, -0.15) is 0 Å². The lowest BCUT2D eigenvalue weighted by Gasteiger charge is -2.11. The van der Waals surface area contributed by atoms with Crippen molar-refractivity contribution in [3.05, 3.63) is 22.3 Å². The largest absolute Gasteiger partial charge is 0.298 e. The lowest BCUT2D eigenvalue weighted by Crippen LogP contribution is -2.01. The van der Waals surface area contributed by atoms with Gasteiger partial charge in [0.1, 0.15) is 6.29 Å². The van der Waals surface area contributed by atoms with E-state index in [1.54, 1.807) is 0 Å². The van der Waals surface area contributed by atoms with Crippen LogP contribution in [0.2, 0.25) is 0 Å². The fourth-order valence-corrected chi connectivity index (χ4v) is 3.92. The number of allylic oxidation sites excluding steroid dienone is 4. The number of ketones is 1. The molecular formula is C15H18O2. The summed E-state index contributed by atoms with van der Waals surface area (Å²) >= 11 is 0. The Bertz CT molecular complexity index is 491. The third kappa shape index (κ3) is 1.27. The highest BCUT2D eigenvalue weighted by Crippen LogP contribution is 2.68. The van der Waals surface area contributed by atoms with Gasteiger partial charge in [0.05, 0.1) is 0 Å². The Morgan fingerprint density at radius 2 is 2.06 bits per heavy atom. The molecule has 1 saturated carbocycles. The fourth-order valence-electron chi connectivity index (χ4n) is 3.92. The van der Waals surface area contributed by atoms with E-state index in [4.69, 9.17) is 0 Å². The highest BCUT2D eigenvalue weighted by molar-refractivity contribution is 6.04. The Labute approximate surface area is 102 Å². The molecule has 0 unspecified atom stereocenters. The van der Waals surface area contributed by atoms with Crippen LogP contribution in [-0.2, 0) is 9.59 Å². The molecule has 3 rings (SSSR count). The highest BCUT2D eigenvalue weighted by atomic mass is 16.1. The molecule has 0 aromatic rings. The molecule has 2 atom stereocenters. The second kappa shape index (κ2) is 3.18. The van der Waals surface area contributed by atoms with Crippen LogP contribution >= 0.6 is 0 Å². The monoisotopic (exact) mass is 230 g/mol. The third-order valence-electron chi connectivity index (χ3n) is 5.10. The molecule has 0 N–H and O–H groups in total. The van der Waals surface area contributed by atoms with Gasteiger partial charge in [0, 0.05) is 6.42 Å². The summed E-state index contributed by atoms with van der Waals surface area (Å²) in [6.07, 6.45) is 3.39. The maximum Gasteiger partial charge on any atom is 0.163 e. The van der Waals surface area contributed by atoms with E-state index < -0.39 is 0 Å². The van der Waals surface area contributed by atoms with Gasteiger partial charge in [-0.3, -0.25) is 9.59 Å². The smallest absolute Gasteiger partial charge is 0.163 e. The van der Waals surface area contributed by atoms with Gasteiger partial charge in [0.15, 0.2) is 5.78 Å². The SMILES string of the molecule is CC1=C2C(=C(C=O)CC[C@@H]3[C@H]2C3(C)C)CC1=O. The molecule has 3 aliphatic carbocycles. The molecule has 0 bridgehead atoms. The molecule has 0 aromatic carbocycles. The Hall–Kier alpha value is -1.18. The number of carbonyl (C=O) groups is 2. The minimum atomic E-state index is 0.220. The summed E-state index contributed by atoms with van der Waals surface area (Å²) in [5.74, 6) is 1.39. The van der Waals surface area contributed by atoms with Crippen LogP contribution in [0.3, 0.4) is 0 Å². The van der Waals surface area contributed by atoms with Crippen molar-refractivity contribution in [3.8, 4) is 0 Å². The second-order valence-electron chi connectivity index (χ2n) is 6.20. The molecule has 0 aromatic heterocycles. The predicted octanol–water partition coefficient (Wildman–Crippen LogP) is 2.84. The first kappa shape index (κ1) is 10.9. The van der Waals surface area contributed by atoms with Crippen LogP contribution in [0.1, 0.15) is 40.0 Å². The molecule has 0 heterocycles. The number of hydrogen-bond donors (Lipinski definition) is 0. The quantitative estimate of drug-likeness (QED) is 0.649. The lowest BCUT2D eigenvalue weighted by atomic mass is 9.93. The first-order valence-electron chi connectivity index (χ1n) is 6.40. The molecule has 90 valence electrons. The minimum absolute atomic E-state index is 0.220. The van der Waals surface area contributed by atoms with Gasteiger partial charge in [0.25, 0.3) is 0 Å². The van der Waals surface area contributed by atoms with Crippen LogP contribution in [0, 0.1) is 17.3 Å². The molecule has 0 saturated heterocycles. The molecule has 0 aliphatic heterocycles. The van der Waals surface area contributed by atoms with Crippen molar-refractivity contribution >= 4 is 12.1 Å². The van der Waals surface area contributed by atoms with E-state index in [0.717, 1.165) is 35.8 Å². The first-order chi connectivity index (χ1) is 7.98. The van der Waals surface area contributed by atoms with Crippen LogP contribution < -0.4 is 0 Å². The van der Waals surface area contributed by atoms with E-state index in [1.165, 1.54) is 5.57 Å². The van der Waals surface area contributed by atoms with Gasteiger partial charge in [-0.15, -0.1) is 0 Å². The molecule has 0 radical (unpaired) electrons. The van der Waals surface area contributed by atoms with Gasteiger partial charge in [-0.1, -0.05) is 13.8 Å². The number of carbonyl (C=O) groups excluding carboxylic acids is 2. The van der Waals surface area contributed by atoms with Crippen LogP contribution in [0.15, 0.2) is 22.3 Å². The average Bonchev–Trinajstić information content (AvgIpc) is 2.76. The summed E-state index contributed by atoms with van der Waals surface area (Å²) in [6, 6.07) is 0. The van der Waals surface area contributed by atoms with E-state index in [1.807, 2.05) is 6.92 Å². The molecule has 0 amide bonds. The van der Waals surface area contributed by atoms with E-state index in [2.05, 4.69) is 13.8 Å². The van der Waals surface area contributed by atoms with Gasteiger partial charge in [0.2, 0.25) is 0 Å². The van der Waals surface area contributed by atoms with Crippen molar-refractivity contribution in [2.45, 2.75) is 40.0 Å². The Balaban J connectivity index is 2.17. The maximum atomic E-state index is 11.9. The zero-order chi connectivity index (χ0) is 12.4. The van der Waals surface area contributed by atoms with E-state index in [9.17, 15) is 9.59 Å². The Morgan fingerprint density at radius 3 is 2.71 bits per heavy atom. The normalized spacial score (nSPS) is 34.4. The van der Waals surface area contributed by atoms with Crippen molar-refractivity contribution in [1.29, 1.82) is 0 Å². The molecule has 2 heteroatoms. The number of rotatable bonds is 1. The summed E-state index contributed by atoms with van der Waals surface area (Å²) in [7, 11) is 0. The third-order valence-corrected chi connectivity index (χ3v) is 5.10. The number of fused-ring (bicyclic) bond motifs is 3. The van der Waals surface area contributed by atoms with Crippen molar-refractivity contribution in [3.63, 3.8) is 0 Å². The van der Waals surface area contributed by atoms with Crippen LogP contribution in [0.5, 0.6) is 0 Å². The van der Waals surface area contributed by atoms with Gasteiger partial charge >= 0.3 is 0 Å². The molecule has 17 heavy (non-hydrogen) atoms. The molecule has 2 nitrogen and oxygen atoms in total. The van der Waals surface area contributed by atoms with Crippen LogP contribution in [0.4, 0.5) is 0 Å². The standard InChI is InChI=1S/C15H18O2/c1-8-12(17)6-10-9(7-16)4-5-11-14(13(8)10)15(11,2)3/h7,11,14H,4-6H2,1-3H3/t11-,14-/m1/s1. The predicted molar refractivity (Wildman–Crippen MR) is 65.4 cm³/mol. The number of Topliss-reactive ketones (excluding diaryl/α,β-unsaturated/α-hetero) is 1. The Morgan fingerprint density at radius 1 is 1.35 bits per heavy atom. The number of hydrogen-bond acceptors (Lipinski definition) is 2. The molecule has 1 fully saturated rings.